The molecule has 0 N–H and O–H groups in total. The first kappa shape index (κ1) is 15.9. The van der Waals surface area contributed by atoms with Crippen molar-refractivity contribution >= 4 is 5.97 Å². The van der Waals surface area contributed by atoms with Crippen molar-refractivity contribution in [3.63, 3.8) is 0 Å². The molecule has 0 spiro atoms. The monoisotopic (exact) mass is 260 g/mol. The highest BCUT2D eigenvalue weighted by atomic mass is 19.4. The molecule has 0 fully saturated rings. The van der Waals surface area contributed by atoms with Gasteiger partial charge in [-0.25, -0.2) is 0 Å². The number of carbonyl (C=O) groups is 1. The van der Waals surface area contributed by atoms with Crippen molar-refractivity contribution < 1.29 is 31.5 Å². The molecule has 7 heteroatoms. The van der Waals surface area contributed by atoms with Gasteiger partial charge in [0.15, 0.2) is 0 Å². The topological polar surface area (TPSA) is 26.3 Å². The zero-order valence-electron chi connectivity index (χ0n) is 9.40. The van der Waals surface area contributed by atoms with Crippen molar-refractivity contribution in [1.29, 1.82) is 0 Å². The van der Waals surface area contributed by atoms with Crippen LogP contribution in [0.2, 0.25) is 0 Å². The highest BCUT2D eigenvalue weighted by molar-refractivity contribution is 5.69. The Morgan fingerprint density at radius 3 is 2.06 bits per heavy atom. The Hall–Kier alpha value is -1.14. The van der Waals surface area contributed by atoms with Crippen LogP contribution >= 0.6 is 0 Å². The van der Waals surface area contributed by atoms with Crippen molar-refractivity contribution in [3.05, 3.63) is 11.7 Å². The number of ether oxygens (including phenoxy) is 1. The predicted octanol–water partition coefficient (Wildman–Crippen LogP) is 3.68. The van der Waals surface area contributed by atoms with E-state index in [1.165, 1.54) is 0 Å². The van der Waals surface area contributed by atoms with E-state index in [-0.39, 0.29) is 12.5 Å². The van der Waals surface area contributed by atoms with Gasteiger partial charge < -0.3 is 4.74 Å². The van der Waals surface area contributed by atoms with Gasteiger partial charge in [-0.1, -0.05) is 13.8 Å². The maximum atomic E-state index is 12.0. The van der Waals surface area contributed by atoms with Gasteiger partial charge in [-0.05, 0) is 12.3 Å². The Labute approximate surface area is 95.4 Å². The van der Waals surface area contributed by atoms with Gasteiger partial charge in [0.2, 0.25) is 0 Å². The van der Waals surface area contributed by atoms with E-state index in [4.69, 9.17) is 0 Å². The van der Waals surface area contributed by atoms with Gasteiger partial charge in [0.25, 0.3) is 6.08 Å². The third-order valence-electron chi connectivity index (χ3n) is 1.73. The standard InChI is InChI=1S/C10H13F5O2/c1-6(2)5-17-8(16)4-3-7(9(11)12)10(13,14)15/h6H,3-5H2,1-2H3. The van der Waals surface area contributed by atoms with Crippen LogP contribution < -0.4 is 0 Å². The lowest BCUT2D eigenvalue weighted by Crippen LogP contribution is -2.16. The van der Waals surface area contributed by atoms with Gasteiger partial charge in [-0.3, -0.25) is 4.79 Å². The van der Waals surface area contributed by atoms with Crippen LogP contribution in [-0.4, -0.2) is 18.8 Å². The fourth-order valence-corrected chi connectivity index (χ4v) is 0.902. The van der Waals surface area contributed by atoms with Crippen LogP contribution in [-0.2, 0) is 9.53 Å². The number of hydrogen-bond acceptors (Lipinski definition) is 2. The van der Waals surface area contributed by atoms with E-state index in [1.54, 1.807) is 13.8 Å². The number of alkyl halides is 3. The van der Waals surface area contributed by atoms with Crippen molar-refractivity contribution in [2.75, 3.05) is 6.61 Å². The molecule has 0 atom stereocenters. The molecule has 0 bridgehead atoms. The molecule has 0 unspecified atom stereocenters. The summed E-state index contributed by atoms with van der Waals surface area (Å²) in [7, 11) is 0. The van der Waals surface area contributed by atoms with Crippen LogP contribution in [0, 0.1) is 5.92 Å². The van der Waals surface area contributed by atoms with Crippen LogP contribution in [0.1, 0.15) is 26.7 Å². The molecule has 0 aliphatic rings. The van der Waals surface area contributed by atoms with E-state index in [9.17, 15) is 26.7 Å². The van der Waals surface area contributed by atoms with Crippen molar-refractivity contribution in [2.24, 2.45) is 5.92 Å². The zero-order chi connectivity index (χ0) is 13.6. The van der Waals surface area contributed by atoms with Crippen LogP contribution in [0.25, 0.3) is 0 Å². The lowest BCUT2D eigenvalue weighted by atomic mass is 10.1. The summed E-state index contributed by atoms with van der Waals surface area (Å²) in [6, 6.07) is 0. The van der Waals surface area contributed by atoms with Gasteiger partial charge in [0, 0.05) is 6.42 Å². The van der Waals surface area contributed by atoms with Crippen molar-refractivity contribution in [2.45, 2.75) is 32.9 Å². The first-order chi connectivity index (χ1) is 7.64. The Kier molecular flexibility index (Phi) is 6.12. The molecule has 0 aromatic rings. The van der Waals surface area contributed by atoms with Gasteiger partial charge in [0.05, 0.1) is 12.2 Å². The van der Waals surface area contributed by atoms with Crippen LogP contribution in [0.5, 0.6) is 0 Å². The fraction of sp³-hybridized carbons (Fsp3) is 0.700. The van der Waals surface area contributed by atoms with E-state index >= 15 is 0 Å². The van der Waals surface area contributed by atoms with Crippen LogP contribution in [0.4, 0.5) is 22.0 Å². The van der Waals surface area contributed by atoms with Gasteiger partial charge >= 0.3 is 12.1 Å². The molecule has 0 aliphatic heterocycles. The average molecular weight is 260 g/mol. The summed E-state index contributed by atoms with van der Waals surface area (Å²) in [6.07, 6.45) is -9.70. The summed E-state index contributed by atoms with van der Waals surface area (Å²) in [5.41, 5.74) is -1.97. The number of allylic oxidation sites excluding steroid dienone is 1. The van der Waals surface area contributed by atoms with Gasteiger partial charge in [0.1, 0.15) is 0 Å². The molecular formula is C10H13F5O2. The van der Waals surface area contributed by atoms with Crippen LogP contribution in [0.3, 0.4) is 0 Å². The summed E-state index contributed by atoms with van der Waals surface area (Å²) in [4.78, 5) is 10.9. The molecule has 0 heterocycles. The second-order valence-corrected chi connectivity index (χ2v) is 3.81. The fourth-order valence-electron chi connectivity index (χ4n) is 0.902. The quantitative estimate of drug-likeness (QED) is 0.556. The largest absolute Gasteiger partial charge is 0.465 e. The lowest BCUT2D eigenvalue weighted by Gasteiger charge is -2.10. The molecule has 0 amide bonds. The number of esters is 1. The average Bonchev–Trinajstić information content (AvgIpc) is 2.12. The minimum absolute atomic E-state index is 0.0366. The molecule has 0 aromatic heterocycles. The summed E-state index contributed by atoms with van der Waals surface area (Å²) >= 11 is 0. The molecule has 0 radical (unpaired) electrons. The Balaban J connectivity index is 4.26. The van der Waals surface area contributed by atoms with E-state index in [0.717, 1.165) is 0 Å². The molecule has 2 nitrogen and oxygen atoms in total. The molecule has 0 rings (SSSR count). The zero-order valence-corrected chi connectivity index (χ0v) is 9.40. The number of carbonyl (C=O) groups excluding carboxylic acids is 1. The minimum atomic E-state index is -5.11. The predicted molar refractivity (Wildman–Crippen MR) is 50.3 cm³/mol. The molecule has 17 heavy (non-hydrogen) atoms. The molecule has 0 saturated heterocycles. The maximum Gasteiger partial charge on any atom is 0.417 e. The molecular weight excluding hydrogens is 247 g/mol. The Morgan fingerprint density at radius 1 is 1.18 bits per heavy atom. The van der Waals surface area contributed by atoms with Crippen LogP contribution in [0.15, 0.2) is 11.7 Å². The molecule has 0 aliphatic carbocycles. The minimum Gasteiger partial charge on any atom is -0.465 e. The molecule has 100 valence electrons. The second kappa shape index (κ2) is 6.56. The second-order valence-electron chi connectivity index (χ2n) is 3.81. The third-order valence-corrected chi connectivity index (χ3v) is 1.73. The normalized spacial score (nSPS) is 11.5. The summed E-state index contributed by atoms with van der Waals surface area (Å²) in [6.45, 7) is 3.55. The number of hydrogen-bond donors (Lipinski definition) is 0. The Bertz CT molecular complexity index is 290. The number of rotatable bonds is 5. The first-order valence-electron chi connectivity index (χ1n) is 4.91. The van der Waals surface area contributed by atoms with Gasteiger partial charge in [-0.15, -0.1) is 0 Å². The van der Waals surface area contributed by atoms with Crippen molar-refractivity contribution in [1.82, 2.24) is 0 Å². The van der Waals surface area contributed by atoms with Crippen molar-refractivity contribution in [3.8, 4) is 0 Å². The summed E-state index contributed by atoms with van der Waals surface area (Å²) in [5.74, 6) is -0.879. The third kappa shape index (κ3) is 6.91. The lowest BCUT2D eigenvalue weighted by molar-refractivity contribution is -0.145. The summed E-state index contributed by atoms with van der Waals surface area (Å²) in [5, 5.41) is 0. The molecule has 0 saturated carbocycles. The van der Waals surface area contributed by atoms with E-state index in [2.05, 4.69) is 4.74 Å². The number of halogens is 5. The SMILES string of the molecule is CC(C)COC(=O)CCC(=C(F)F)C(F)(F)F. The highest BCUT2D eigenvalue weighted by Crippen LogP contribution is 2.32. The smallest absolute Gasteiger partial charge is 0.417 e. The molecule has 0 aromatic carbocycles. The van der Waals surface area contributed by atoms with E-state index in [1.807, 2.05) is 0 Å². The first-order valence-corrected chi connectivity index (χ1v) is 4.91. The van der Waals surface area contributed by atoms with Gasteiger partial charge in [-0.2, -0.15) is 22.0 Å². The summed E-state index contributed by atoms with van der Waals surface area (Å²) < 4.78 is 64.6. The Morgan fingerprint density at radius 2 is 1.71 bits per heavy atom. The van der Waals surface area contributed by atoms with E-state index in [0.29, 0.717) is 0 Å². The van der Waals surface area contributed by atoms with E-state index < -0.39 is 36.6 Å². The maximum absolute atomic E-state index is 12.0. The highest BCUT2D eigenvalue weighted by Gasteiger charge is 2.37.